The summed E-state index contributed by atoms with van der Waals surface area (Å²) in [5.41, 5.74) is -0.397. The fraction of sp³-hybridized carbons (Fsp3) is 0.273. The standard InChI is InChI=1S/C22H23N3O6S/c1-32-11-10-18(25-20(28)15-4-2-3-5-16(15)24-22(25)31)19(27)23-17(21(29)30)12-13-6-8-14(26)9-7-13/h2-9,17-18,26H,10-12H2,1H3,(H,23,27)(H,24,31)(H,29,30). The Kier molecular flexibility index (Phi) is 7.37. The zero-order chi connectivity index (χ0) is 23.3. The van der Waals surface area contributed by atoms with Gasteiger partial charge in [0, 0.05) is 6.42 Å². The molecule has 0 saturated carbocycles. The molecule has 0 aliphatic rings. The number of carboxylic acids is 1. The molecule has 2 aromatic carbocycles. The maximum absolute atomic E-state index is 13.1. The van der Waals surface area contributed by atoms with Gasteiger partial charge in [-0.3, -0.25) is 9.59 Å². The van der Waals surface area contributed by atoms with Gasteiger partial charge in [-0.05, 0) is 48.3 Å². The molecule has 3 rings (SSSR count). The van der Waals surface area contributed by atoms with Gasteiger partial charge < -0.3 is 20.5 Å². The molecule has 9 nitrogen and oxygen atoms in total. The fourth-order valence-electron chi connectivity index (χ4n) is 3.40. The van der Waals surface area contributed by atoms with E-state index in [1.165, 1.54) is 23.9 Å². The van der Waals surface area contributed by atoms with Gasteiger partial charge in [-0.15, -0.1) is 0 Å². The SMILES string of the molecule is CSCCC(C(=O)NC(Cc1ccc(O)cc1)C(=O)O)n1c(=O)[nH]c2ccccc2c1=O. The maximum atomic E-state index is 13.1. The summed E-state index contributed by atoms with van der Waals surface area (Å²) < 4.78 is 0.855. The van der Waals surface area contributed by atoms with E-state index in [9.17, 15) is 29.4 Å². The van der Waals surface area contributed by atoms with E-state index in [2.05, 4.69) is 10.3 Å². The molecule has 0 bridgehead atoms. The summed E-state index contributed by atoms with van der Waals surface area (Å²) in [6.45, 7) is 0. The Morgan fingerprint density at radius 3 is 2.47 bits per heavy atom. The monoisotopic (exact) mass is 457 g/mol. The molecule has 0 fully saturated rings. The number of para-hydroxylation sites is 1. The first-order chi connectivity index (χ1) is 15.3. The van der Waals surface area contributed by atoms with Gasteiger partial charge in [0.2, 0.25) is 5.91 Å². The van der Waals surface area contributed by atoms with Crippen molar-refractivity contribution in [3.05, 3.63) is 74.9 Å². The number of hydrogen-bond donors (Lipinski definition) is 4. The summed E-state index contributed by atoms with van der Waals surface area (Å²) in [4.78, 5) is 53.2. The number of aromatic amines is 1. The van der Waals surface area contributed by atoms with Crippen molar-refractivity contribution in [2.45, 2.75) is 24.9 Å². The van der Waals surface area contributed by atoms with Crippen LogP contribution in [0.3, 0.4) is 0 Å². The maximum Gasteiger partial charge on any atom is 0.329 e. The number of aliphatic carboxylic acids is 1. The first-order valence-electron chi connectivity index (χ1n) is 9.85. The summed E-state index contributed by atoms with van der Waals surface area (Å²) in [7, 11) is 0. The number of aromatic hydroxyl groups is 1. The number of phenols is 1. The second-order valence-electron chi connectivity index (χ2n) is 7.22. The topological polar surface area (TPSA) is 141 Å². The van der Waals surface area contributed by atoms with Crippen molar-refractivity contribution >= 4 is 34.5 Å². The number of carboxylic acid groups (broad SMARTS) is 1. The molecule has 32 heavy (non-hydrogen) atoms. The van der Waals surface area contributed by atoms with Gasteiger partial charge in [0.1, 0.15) is 17.8 Å². The van der Waals surface area contributed by atoms with Gasteiger partial charge >= 0.3 is 11.7 Å². The first kappa shape index (κ1) is 23.1. The highest BCUT2D eigenvalue weighted by Crippen LogP contribution is 2.15. The number of benzene rings is 2. The summed E-state index contributed by atoms with van der Waals surface area (Å²) in [6, 6.07) is 9.99. The number of nitrogens with zero attached hydrogens (tertiary/aromatic N) is 1. The summed E-state index contributed by atoms with van der Waals surface area (Å²) in [5, 5.41) is 21.7. The number of amides is 1. The van der Waals surface area contributed by atoms with Crippen LogP contribution in [0.4, 0.5) is 0 Å². The Hall–Kier alpha value is -3.53. The van der Waals surface area contributed by atoms with Crippen LogP contribution in [0.2, 0.25) is 0 Å². The van der Waals surface area contributed by atoms with E-state index in [4.69, 9.17) is 0 Å². The molecule has 10 heteroatoms. The molecule has 1 amide bonds. The minimum absolute atomic E-state index is 0.0282. The van der Waals surface area contributed by atoms with E-state index < -0.39 is 35.2 Å². The van der Waals surface area contributed by atoms with E-state index in [-0.39, 0.29) is 24.0 Å². The van der Waals surface area contributed by atoms with Crippen molar-refractivity contribution in [1.29, 1.82) is 0 Å². The molecular weight excluding hydrogens is 434 g/mol. The molecule has 0 aliphatic heterocycles. The van der Waals surface area contributed by atoms with Crippen LogP contribution in [0, 0.1) is 0 Å². The molecule has 2 unspecified atom stereocenters. The largest absolute Gasteiger partial charge is 0.508 e. The highest BCUT2D eigenvalue weighted by Gasteiger charge is 2.29. The van der Waals surface area contributed by atoms with Gasteiger partial charge in [-0.1, -0.05) is 24.3 Å². The number of thioether (sulfide) groups is 1. The fourth-order valence-corrected chi connectivity index (χ4v) is 3.86. The highest BCUT2D eigenvalue weighted by atomic mass is 32.2. The molecular formula is C22H23N3O6S. The second-order valence-corrected chi connectivity index (χ2v) is 8.20. The number of rotatable bonds is 9. The third kappa shape index (κ3) is 5.20. The van der Waals surface area contributed by atoms with Gasteiger partial charge in [-0.25, -0.2) is 14.2 Å². The van der Waals surface area contributed by atoms with Gasteiger partial charge in [0.25, 0.3) is 5.56 Å². The van der Waals surface area contributed by atoms with Crippen LogP contribution in [0.5, 0.6) is 5.75 Å². The molecule has 0 spiro atoms. The number of nitrogens with one attached hydrogen (secondary N) is 2. The Labute approximate surface area is 187 Å². The lowest BCUT2D eigenvalue weighted by atomic mass is 10.0. The number of carbonyl (C=O) groups excluding carboxylic acids is 1. The van der Waals surface area contributed by atoms with Crippen LogP contribution in [0.1, 0.15) is 18.0 Å². The summed E-state index contributed by atoms with van der Waals surface area (Å²) >= 11 is 1.44. The van der Waals surface area contributed by atoms with Gasteiger partial charge in [0.15, 0.2) is 0 Å². The molecule has 4 N–H and O–H groups in total. The normalized spacial score (nSPS) is 12.9. The van der Waals surface area contributed by atoms with Crippen LogP contribution in [0.25, 0.3) is 10.9 Å². The number of H-pyrrole nitrogens is 1. The van der Waals surface area contributed by atoms with Crippen molar-refractivity contribution in [1.82, 2.24) is 14.9 Å². The number of fused-ring (bicyclic) bond motifs is 1. The molecule has 168 valence electrons. The smallest absolute Gasteiger partial charge is 0.329 e. The zero-order valence-corrected chi connectivity index (χ0v) is 18.1. The van der Waals surface area contributed by atoms with Crippen molar-refractivity contribution in [3.8, 4) is 5.75 Å². The van der Waals surface area contributed by atoms with E-state index in [1.807, 2.05) is 6.26 Å². The lowest BCUT2D eigenvalue weighted by Crippen LogP contribution is -2.49. The highest BCUT2D eigenvalue weighted by molar-refractivity contribution is 7.98. The van der Waals surface area contributed by atoms with Crippen molar-refractivity contribution in [3.63, 3.8) is 0 Å². The van der Waals surface area contributed by atoms with Crippen LogP contribution < -0.4 is 16.6 Å². The first-order valence-corrected chi connectivity index (χ1v) is 11.2. The summed E-state index contributed by atoms with van der Waals surface area (Å²) in [5.74, 6) is -1.47. The van der Waals surface area contributed by atoms with E-state index >= 15 is 0 Å². The quantitative estimate of drug-likeness (QED) is 0.381. The van der Waals surface area contributed by atoms with Crippen LogP contribution in [-0.4, -0.2) is 49.7 Å². The second kappa shape index (κ2) is 10.2. The van der Waals surface area contributed by atoms with Crippen molar-refractivity contribution < 1.29 is 19.8 Å². The average Bonchev–Trinajstić information content (AvgIpc) is 2.76. The lowest BCUT2D eigenvalue weighted by molar-refractivity contribution is -0.142. The predicted molar refractivity (Wildman–Crippen MR) is 122 cm³/mol. The van der Waals surface area contributed by atoms with E-state index in [0.29, 0.717) is 16.8 Å². The predicted octanol–water partition coefficient (Wildman–Crippen LogP) is 1.50. The van der Waals surface area contributed by atoms with Crippen LogP contribution >= 0.6 is 11.8 Å². The minimum Gasteiger partial charge on any atom is -0.508 e. The summed E-state index contributed by atoms with van der Waals surface area (Å²) in [6.07, 6.45) is 1.96. The Balaban J connectivity index is 1.94. The van der Waals surface area contributed by atoms with Crippen LogP contribution in [-0.2, 0) is 16.0 Å². The minimum atomic E-state index is -1.28. The van der Waals surface area contributed by atoms with Gasteiger partial charge in [0.05, 0.1) is 10.9 Å². The van der Waals surface area contributed by atoms with Gasteiger partial charge in [-0.2, -0.15) is 11.8 Å². The third-order valence-corrected chi connectivity index (χ3v) is 5.68. The third-order valence-electron chi connectivity index (χ3n) is 5.04. The number of carbonyl (C=O) groups is 2. The Morgan fingerprint density at radius 2 is 1.81 bits per heavy atom. The number of hydrogen-bond acceptors (Lipinski definition) is 6. The van der Waals surface area contributed by atoms with E-state index in [1.54, 1.807) is 36.4 Å². The molecule has 0 aliphatic carbocycles. The zero-order valence-electron chi connectivity index (χ0n) is 17.3. The Morgan fingerprint density at radius 1 is 1.12 bits per heavy atom. The lowest BCUT2D eigenvalue weighted by Gasteiger charge is -2.22. The van der Waals surface area contributed by atoms with Crippen molar-refractivity contribution in [2.24, 2.45) is 0 Å². The van der Waals surface area contributed by atoms with E-state index in [0.717, 1.165) is 4.57 Å². The molecule has 1 aromatic heterocycles. The van der Waals surface area contributed by atoms with Crippen molar-refractivity contribution in [2.75, 3.05) is 12.0 Å². The Bertz CT molecular complexity index is 1230. The molecule has 0 saturated heterocycles. The van der Waals surface area contributed by atoms with Crippen LogP contribution in [0.15, 0.2) is 58.1 Å². The molecule has 0 radical (unpaired) electrons. The molecule has 3 aromatic rings. The number of aromatic nitrogens is 2. The molecule has 2 atom stereocenters. The number of phenolic OH excluding ortho intramolecular Hbond substituents is 1. The average molecular weight is 458 g/mol. The molecule has 1 heterocycles.